The molecule has 5 heteroatoms. The number of alkyl halides is 1. The Labute approximate surface area is 174 Å². The zero-order valence-electron chi connectivity index (χ0n) is 15.2. The first-order valence-electron chi connectivity index (χ1n) is 8.73. The fraction of sp³-hybridized carbons (Fsp3) is 0.217. The topological polar surface area (TPSA) is 29.4 Å². The summed E-state index contributed by atoms with van der Waals surface area (Å²) in [6, 6.07) is 16.2. The molecule has 1 aliphatic heterocycles. The minimum atomic E-state index is -0.181. The van der Waals surface area contributed by atoms with Crippen LogP contribution in [0.5, 0.6) is 0 Å². The Morgan fingerprint density at radius 3 is 2.50 bits per heavy atom. The van der Waals surface area contributed by atoms with Gasteiger partial charge >= 0.3 is 0 Å². The molecule has 0 spiro atoms. The molecule has 3 aromatic rings. The fourth-order valence-electron chi connectivity index (χ4n) is 2.58. The minimum Gasteiger partial charge on any atom is -0.295 e. The number of Topliss-reactive ketones (excluding diaryl/α,β-unsaturated/α-hetero) is 1. The molecule has 0 unspecified atom stereocenters. The van der Waals surface area contributed by atoms with Gasteiger partial charge < -0.3 is 0 Å². The van der Waals surface area contributed by atoms with Crippen LogP contribution in [0.25, 0.3) is 0 Å². The highest BCUT2D eigenvalue weighted by Crippen LogP contribution is 2.41. The highest BCUT2D eigenvalue weighted by Gasteiger charge is 2.19. The monoisotopic (exact) mass is 413 g/mol. The molecular formula is C23H24FNOS2. The van der Waals surface area contributed by atoms with Gasteiger partial charge in [0.05, 0.1) is 18.1 Å². The lowest BCUT2D eigenvalue weighted by atomic mass is 10.0. The Balaban J connectivity index is 0.000000515. The highest BCUT2D eigenvalue weighted by atomic mass is 32.2. The van der Waals surface area contributed by atoms with E-state index < -0.39 is 0 Å². The van der Waals surface area contributed by atoms with Gasteiger partial charge in [0, 0.05) is 31.9 Å². The normalized spacial score (nSPS) is 11.6. The number of nitrogens with zero attached hydrogens (tertiary/aromatic N) is 1. The highest BCUT2D eigenvalue weighted by molar-refractivity contribution is 7.99. The van der Waals surface area contributed by atoms with Crippen molar-refractivity contribution in [1.29, 1.82) is 0 Å². The second-order valence-electron chi connectivity index (χ2n) is 6.00. The lowest BCUT2D eigenvalue weighted by Crippen LogP contribution is -2.02. The third-order valence-corrected chi connectivity index (χ3v) is 5.77. The van der Waals surface area contributed by atoms with Gasteiger partial charge in [-0.2, -0.15) is 11.3 Å². The number of hydrogen-bond acceptors (Lipinski definition) is 4. The number of carbonyl (C=O) groups excluding carboxylic acids is 1. The molecular weight excluding hydrogens is 389 g/mol. The number of carbonyl (C=O) groups is 1. The minimum absolute atomic E-state index is 0. The van der Waals surface area contributed by atoms with Crippen molar-refractivity contribution in [3.63, 3.8) is 0 Å². The lowest BCUT2D eigenvalue weighted by molar-refractivity contribution is 0.101. The van der Waals surface area contributed by atoms with Crippen molar-refractivity contribution in [1.82, 2.24) is 0 Å². The van der Waals surface area contributed by atoms with E-state index in [1.54, 1.807) is 36.9 Å². The number of thiophene rings is 1. The van der Waals surface area contributed by atoms with Gasteiger partial charge in [-0.15, -0.1) is 0 Å². The Hall–Kier alpha value is -2.24. The van der Waals surface area contributed by atoms with Crippen LogP contribution in [0.15, 0.2) is 74.1 Å². The lowest BCUT2D eigenvalue weighted by Gasteiger charge is -2.07. The third kappa shape index (κ3) is 4.97. The van der Waals surface area contributed by atoms with E-state index in [1.807, 2.05) is 30.3 Å². The molecule has 0 saturated heterocycles. The fourth-order valence-corrected chi connectivity index (χ4v) is 4.22. The number of halogens is 1. The van der Waals surface area contributed by atoms with E-state index in [-0.39, 0.29) is 19.9 Å². The van der Waals surface area contributed by atoms with Gasteiger partial charge in [0.15, 0.2) is 5.78 Å². The first kappa shape index (κ1) is 22.1. The predicted molar refractivity (Wildman–Crippen MR) is 120 cm³/mol. The van der Waals surface area contributed by atoms with Gasteiger partial charge in [0.1, 0.15) is 0 Å². The van der Waals surface area contributed by atoms with Gasteiger partial charge in [-0.25, -0.2) is 4.99 Å². The number of ketones is 1. The van der Waals surface area contributed by atoms with Crippen molar-refractivity contribution in [3.05, 3.63) is 76.0 Å². The molecule has 0 bridgehead atoms. The standard InChI is InChI=1S/C19H13NOS2.C3H7F.CH4/c1-12(21)13-6-7-18-16(10-13)20-19(14-8-9-22-11-14)15-4-2-3-5-17(15)23-18;1-2-3-4;/h2-11H,1H3;2-3H2,1H3;1H4. The van der Waals surface area contributed by atoms with Crippen molar-refractivity contribution in [2.75, 3.05) is 6.67 Å². The summed E-state index contributed by atoms with van der Waals surface area (Å²) in [7, 11) is 0. The summed E-state index contributed by atoms with van der Waals surface area (Å²) in [6.45, 7) is 3.21. The molecule has 4 rings (SSSR count). The van der Waals surface area contributed by atoms with Crippen LogP contribution in [0.2, 0.25) is 0 Å². The molecule has 0 radical (unpaired) electrons. The van der Waals surface area contributed by atoms with Gasteiger partial charge in [0.25, 0.3) is 0 Å². The first-order chi connectivity index (χ1) is 13.1. The molecule has 2 nitrogen and oxygen atoms in total. The summed E-state index contributed by atoms with van der Waals surface area (Å²) in [4.78, 5) is 18.9. The Kier molecular flexibility index (Phi) is 8.15. The van der Waals surface area contributed by atoms with E-state index in [0.29, 0.717) is 12.0 Å². The maximum absolute atomic E-state index is 11.7. The van der Waals surface area contributed by atoms with E-state index in [1.165, 1.54) is 4.90 Å². The Morgan fingerprint density at radius 2 is 1.86 bits per heavy atom. The summed E-state index contributed by atoms with van der Waals surface area (Å²) in [5.74, 6) is 0.0619. The van der Waals surface area contributed by atoms with Crippen molar-refractivity contribution in [2.45, 2.75) is 37.5 Å². The second kappa shape index (κ2) is 10.3. The predicted octanol–water partition coefficient (Wildman–Crippen LogP) is 7.59. The van der Waals surface area contributed by atoms with Crippen LogP contribution in [0, 0.1) is 0 Å². The average molecular weight is 414 g/mol. The van der Waals surface area contributed by atoms with Crippen LogP contribution in [0.1, 0.15) is 49.2 Å². The molecule has 2 aromatic carbocycles. The van der Waals surface area contributed by atoms with Crippen molar-refractivity contribution in [2.24, 2.45) is 4.99 Å². The van der Waals surface area contributed by atoms with E-state index in [0.717, 1.165) is 27.4 Å². The van der Waals surface area contributed by atoms with E-state index in [4.69, 9.17) is 4.99 Å². The molecule has 0 atom stereocenters. The maximum Gasteiger partial charge on any atom is 0.159 e. The number of aliphatic imine (C=N–C) groups is 1. The number of rotatable bonds is 3. The molecule has 0 fully saturated rings. The average Bonchev–Trinajstić information content (AvgIpc) is 3.16. The summed E-state index contributed by atoms with van der Waals surface area (Å²) in [6.07, 6.45) is 0.653. The van der Waals surface area contributed by atoms with E-state index in [2.05, 4.69) is 29.0 Å². The molecule has 28 heavy (non-hydrogen) atoms. The van der Waals surface area contributed by atoms with Crippen LogP contribution in [0.3, 0.4) is 0 Å². The molecule has 2 heterocycles. The smallest absolute Gasteiger partial charge is 0.159 e. The first-order valence-corrected chi connectivity index (χ1v) is 10.5. The maximum atomic E-state index is 11.7. The van der Waals surface area contributed by atoms with Crippen LogP contribution in [0.4, 0.5) is 10.1 Å². The van der Waals surface area contributed by atoms with Crippen LogP contribution >= 0.6 is 23.1 Å². The molecule has 1 aromatic heterocycles. The number of benzene rings is 2. The molecule has 0 saturated carbocycles. The van der Waals surface area contributed by atoms with E-state index >= 15 is 0 Å². The number of fused-ring (bicyclic) bond motifs is 2. The van der Waals surface area contributed by atoms with Gasteiger partial charge in [0.2, 0.25) is 0 Å². The van der Waals surface area contributed by atoms with E-state index in [9.17, 15) is 9.18 Å². The zero-order valence-corrected chi connectivity index (χ0v) is 16.9. The largest absolute Gasteiger partial charge is 0.295 e. The van der Waals surface area contributed by atoms with Crippen LogP contribution < -0.4 is 0 Å². The zero-order chi connectivity index (χ0) is 19.2. The van der Waals surface area contributed by atoms with Crippen molar-refractivity contribution in [3.8, 4) is 0 Å². The summed E-state index contributed by atoms with van der Waals surface area (Å²) >= 11 is 3.36. The molecule has 0 aliphatic carbocycles. The summed E-state index contributed by atoms with van der Waals surface area (Å²) < 4.78 is 10.7. The SMILES string of the molecule is C.CC(=O)c1ccc2c(c1)N=C(c1ccsc1)c1ccccc1S2.CCCF. The van der Waals surface area contributed by atoms with Crippen LogP contribution in [-0.4, -0.2) is 18.2 Å². The summed E-state index contributed by atoms with van der Waals surface area (Å²) in [5.41, 5.74) is 4.78. The Morgan fingerprint density at radius 1 is 1.11 bits per heavy atom. The van der Waals surface area contributed by atoms with Gasteiger partial charge in [-0.3, -0.25) is 9.18 Å². The molecule has 1 aliphatic rings. The molecule has 0 N–H and O–H groups in total. The molecule has 146 valence electrons. The van der Waals surface area contributed by atoms with Gasteiger partial charge in [-0.05, 0) is 43.0 Å². The summed E-state index contributed by atoms with van der Waals surface area (Å²) in [5, 5.41) is 4.17. The third-order valence-electron chi connectivity index (χ3n) is 3.94. The Bertz CT molecular complexity index is 962. The van der Waals surface area contributed by atoms with Crippen molar-refractivity contribution < 1.29 is 9.18 Å². The second-order valence-corrected chi connectivity index (χ2v) is 7.86. The number of hydrogen-bond donors (Lipinski definition) is 0. The van der Waals surface area contributed by atoms with Crippen LogP contribution in [-0.2, 0) is 0 Å². The van der Waals surface area contributed by atoms with Crippen molar-refractivity contribution >= 4 is 40.3 Å². The molecule has 0 amide bonds. The van der Waals surface area contributed by atoms with Gasteiger partial charge in [-0.1, -0.05) is 50.4 Å². The quantitative estimate of drug-likeness (QED) is 0.324.